The third kappa shape index (κ3) is 3.24. The van der Waals surface area contributed by atoms with Crippen LogP contribution < -0.4 is 10.1 Å². The molecular formula is C18H22NO3. The number of hydrogen-bond acceptors (Lipinski definition) is 3. The van der Waals surface area contributed by atoms with E-state index in [4.69, 9.17) is 14.2 Å². The van der Waals surface area contributed by atoms with Crippen LogP contribution in [0, 0.1) is 0 Å². The van der Waals surface area contributed by atoms with Gasteiger partial charge in [-0.1, -0.05) is 31.2 Å². The van der Waals surface area contributed by atoms with Crippen molar-refractivity contribution in [1.82, 2.24) is 5.32 Å². The van der Waals surface area contributed by atoms with E-state index in [1.54, 1.807) is 7.11 Å². The normalized spacial score (nSPS) is 21.9. The molecule has 2 aromatic carbocycles. The number of ether oxygens (including phenoxy) is 3. The molecule has 117 valence electrons. The second-order valence-electron chi connectivity index (χ2n) is 5.51. The highest BCUT2D eigenvalue weighted by Crippen LogP contribution is 2.30. The summed E-state index contributed by atoms with van der Waals surface area (Å²) in [6.07, 6.45) is 0.615. The largest absolute Gasteiger partial charge is 0.497 e. The Morgan fingerprint density at radius 2 is 2.00 bits per heavy atom. The van der Waals surface area contributed by atoms with E-state index < -0.39 is 6.41 Å². The quantitative estimate of drug-likeness (QED) is 0.851. The van der Waals surface area contributed by atoms with Gasteiger partial charge >= 0.3 is 0 Å². The van der Waals surface area contributed by atoms with Gasteiger partial charge in [0, 0.05) is 12.5 Å². The summed E-state index contributed by atoms with van der Waals surface area (Å²) < 4.78 is 16.8. The number of hydrogen-bond donors (Lipinski definition) is 0. The molecule has 0 N–H and O–H groups in total. The van der Waals surface area contributed by atoms with Crippen molar-refractivity contribution in [2.75, 3.05) is 26.9 Å². The molecule has 0 aliphatic carbocycles. The van der Waals surface area contributed by atoms with Gasteiger partial charge in [-0.05, 0) is 34.9 Å². The summed E-state index contributed by atoms with van der Waals surface area (Å²) in [5, 5.41) is 6.76. The van der Waals surface area contributed by atoms with Crippen LogP contribution in [0.4, 0.5) is 0 Å². The molecule has 0 aromatic heterocycles. The predicted molar refractivity (Wildman–Crippen MR) is 86.2 cm³/mol. The van der Waals surface area contributed by atoms with Crippen LogP contribution in [0.5, 0.6) is 5.75 Å². The Balaban J connectivity index is 1.77. The Morgan fingerprint density at radius 1 is 1.18 bits per heavy atom. The lowest BCUT2D eigenvalue weighted by Gasteiger charge is -2.29. The van der Waals surface area contributed by atoms with Gasteiger partial charge in [-0.25, -0.2) is 0 Å². The molecule has 0 atom stereocenters. The minimum Gasteiger partial charge on any atom is -0.497 e. The van der Waals surface area contributed by atoms with Crippen molar-refractivity contribution in [2.45, 2.75) is 25.7 Å². The molecule has 0 spiro atoms. The minimum absolute atomic E-state index is 0.241. The first kappa shape index (κ1) is 15.3. The standard InChI is InChI=1S/C18H22NO3/c1-3-9-19-18-21-11-14(12-22-18)16-6-4-5-13-10-15(20-2)7-8-17(13)16/h4-8,10,14,18H,3,9,11-12H2,1-2H3. The topological polar surface area (TPSA) is 41.8 Å². The second kappa shape index (κ2) is 7.09. The van der Waals surface area contributed by atoms with Gasteiger partial charge in [0.2, 0.25) is 6.41 Å². The molecule has 2 aromatic rings. The summed E-state index contributed by atoms with van der Waals surface area (Å²) >= 11 is 0. The Bertz CT molecular complexity index is 621. The molecule has 1 radical (unpaired) electrons. The lowest BCUT2D eigenvalue weighted by molar-refractivity contribution is -0.204. The van der Waals surface area contributed by atoms with E-state index in [0.717, 1.165) is 18.7 Å². The van der Waals surface area contributed by atoms with Crippen molar-refractivity contribution < 1.29 is 14.2 Å². The average Bonchev–Trinajstić information content (AvgIpc) is 2.59. The molecule has 0 unspecified atom stereocenters. The Labute approximate surface area is 131 Å². The van der Waals surface area contributed by atoms with Crippen LogP contribution in [0.2, 0.25) is 0 Å². The van der Waals surface area contributed by atoms with E-state index in [1.807, 2.05) is 6.07 Å². The van der Waals surface area contributed by atoms with Crippen molar-refractivity contribution in [2.24, 2.45) is 0 Å². The molecule has 1 aliphatic heterocycles. The zero-order chi connectivity index (χ0) is 15.4. The fourth-order valence-corrected chi connectivity index (χ4v) is 2.78. The summed E-state index contributed by atoms with van der Waals surface area (Å²) in [6.45, 7) is 4.16. The maximum absolute atomic E-state index is 5.73. The molecule has 1 heterocycles. The van der Waals surface area contributed by atoms with Crippen LogP contribution in [-0.4, -0.2) is 33.3 Å². The average molecular weight is 300 g/mol. The Morgan fingerprint density at radius 3 is 2.73 bits per heavy atom. The van der Waals surface area contributed by atoms with Crippen molar-refractivity contribution in [3.8, 4) is 5.75 Å². The van der Waals surface area contributed by atoms with Crippen LogP contribution in [0.25, 0.3) is 10.8 Å². The van der Waals surface area contributed by atoms with E-state index in [-0.39, 0.29) is 5.92 Å². The van der Waals surface area contributed by atoms with Gasteiger partial charge < -0.3 is 14.2 Å². The lowest BCUT2D eigenvalue weighted by Crippen LogP contribution is -2.37. The maximum Gasteiger partial charge on any atom is 0.231 e. The summed E-state index contributed by atoms with van der Waals surface area (Å²) in [4.78, 5) is 0. The van der Waals surface area contributed by atoms with Crippen molar-refractivity contribution in [3.05, 3.63) is 42.0 Å². The van der Waals surface area contributed by atoms with E-state index in [2.05, 4.69) is 42.6 Å². The number of rotatable bonds is 5. The minimum atomic E-state index is -0.397. The van der Waals surface area contributed by atoms with Gasteiger partial charge in [-0.2, -0.15) is 5.32 Å². The van der Waals surface area contributed by atoms with Gasteiger partial charge in [-0.3, -0.25) is 0 Å². The summed E-state index contributed by atoms with van der Waals surface area (Å²) in [5.74, 6) is 1.12. The van der Waals surface area contributed by atoms with Crippen LogP contribution in [0.3, 0.4) is 0 Å². The molecular weight excluding hydrogens is 278 g/mol. The highest BCUT2D eigenvalue weighted by molar-refractivity contribution is 5.87. The lowest BCUT2D eigenvalue weighted by atomic mass is 9.94. The fraction of sp³-hybridized carbons (Fsp3) is 0.444. The number of fused-ring (bicyclic) bond motifs is 1. The molecule has 3 rings (SSSR count). The van der Waals surface area contributed by atoms with Crippen LogP contribution in [-0.2, 0) is 9.47 Å². The number of benzene rings is 2. The first-order valence-electron chi connectivity index (χ1n) is 7.78. The molecule has 1 aliphatic rings. The SMILES string of the molecule is CCC[N]C1OCC(c2cccc3cc(OC)ccc23)CO1. The monoisotopic (exact) mass is 300 g/mol. The smallest absolute Gasteiger partial charge is 0.231 e. The third-order valence-electron chi connectivity index (χ3n) is 3.94. The maximum atomic E-state index is 5.73. The van der Waals surface area contributed by atoms with Crippen LogP contribution >= 0.6 is 0 Å². The molecule has 0 amide bonds. The van der Waals surface area contributed by atoms with Gasteiger partial charge in [0.1, 0.15) is 5.75 Å². The van der Waals surface area contributed by atoms with E-state index >= 15 is 0 Å². The van der Waals surface area contributed by atoms with Gasteiger partial charge in [0.25, 0.3) is 0 Å². The molecule has 1 fully saturated rings. The van der Waals surface area contributed by atoms with Gasteiger partial charge in [0.15, 0.2) is 0 Å². The van der Waals surface area contributed by atoms with Crippen LogP contribution in [0.1, 0.15) is 24.8 Å². The molecule has 0 bridgehead atoms. The summed E-state index contributed by atoms with van der Waals surface area (Å²) in [5.41, 5.74) is 1.26. The molecule has 4 nitrogen and oxygen atoms in total. The van der Waals surface area contributed by atoms with Crippen molar-refractivity contribution >= 4 is 10.8 Å². The van der Waals surface area contributed by atoms with E-state index in [0.29, 0.717) is 13.2 Å². The molecule has 0 saturated carbocycles. The van der Waals surface area contributed by atoms with Crippen LogP contribution in [0.15, 0.2) is 36.4 Å². The fourth-order valence-electron chi connectivity index (χ4n) is 2.78. The first-order valence-corrected chi connectivity index (χ1v) is 7.78. The van der Waals surface area contributed by atoms with Gasteiger partial charge in [0.05, 0.1) is 20.3 Å². The van der Waals surface area contributed by atoms with Gasteiger partial charge in [-0.15, -0.1) is 0 Å². The molecule has 22 heavy (non-hydrogen) atoms. The zero-order valence-corrected chi connectivity index (χ0v) is 13.1. The molecule has 1 saturated heterocycles. The van der Waals surface area contributed by atoms with E-state index in [9.17, 15) is 0 Å². The summed E-state index contributed by atoms with van der Waals surface area (Å²) in [6, 6.07) is 12.5. The van der Waals surface area contributed by atoms with E-state index in [1.165, 1.54) is 16.3 Å². The predicted octanol–water partition coefficient (Wildman–Crippen LogP) is 3.28. The summed E-state index contributed by atoms with van der Waals surface area (Å²) in [7, 11) is 1.69. The highest BCUT2D eigenvalue weighted by atomic mass is 16.7. The molecule has 4 heteroatoms. The Kier molecular flexibility index (Phi) is 4.93. The first-order chi connectivity index (χ1) is 10.8. The second-order valence-corrected chi connectivity index (χ2v) is 5.51. The number of methoxy groups -OCH3 is 1. The van der Waals surface area contributed by atoms with Crippen molar-refractivity contribution in [1.29, 1.82) is 0 Å². The Hall–Kier alpha value is -1.62. The number of nitrogens with zero attached hydrogens (tertiary/aromatic N) is 1. The van der Waals surface area contributed by atoms with Crippen molar-refractivity contribution in [3.63, 3.8) is 0 Å². The zero-order valence-electron chi connectivity index (χ0n) is 13.1. The highest BCUT2D eigenvalue weighted by Gasteiger charge is 2.24. The third-order valence-corrected chi connectivity index (χ3v) is 3.94.